The summed E-state index contributed by atoms with van der Waals surface area (Å²) in [4.78, 5) is 12.9. The molecule has 2 heterocycles. The van der Waals surface area contributed by atoms with Gasteiger partial charge in [-0.1, -0.05) is 0 Å². The molecule has 1 saturated heterocycles. The molecule has 6 nitrogen and oxygen atoms in total. The first kappa shape index (κ1) is 11.5. The van der Waals surface area contributed by atoms with Crippen LogP contribution in [0, 0.1) is 18.3 Å². The van der Waals surface area contributed by atoms with E-state index in [0.717, 1.165) is 6.42 Å². The Balaban J connectivity index is 2.47. The van der Waals surface area contributed by atoms with Crippen LogP contribution in [0.5, 0.6) is 0 Å². The SMILES string of the molecule is Cc1nn(C)c(N2CCCC2C(=O)O)c1C#N. The van der Waals surface area contributed by atoms with Crippen LogP contribution >= 0.6 is 0 Å². The number of carboxylic acids is 1. The Morgan fingerprint density at radius 1 is 1.65 bits per heavy atom. The second-order valence-electron chi connectivity index (χ2n) is 4.21. The molecular formula is C11H14N4O2. The molecule has 0 aromatic carbocycles. The van der Waals surface area contributed by atoms with Gasteiger partial charge in [0, 0.05) is 13.6 Å². The number of carboxylic acid groups (broad SMARTS) is 1. The van der Waals surface area contributed by atoms with Crippen molar-refractivity contribution in [1.82, 2.24) is 9.78 Å². The van der Waals surface area contributed by atoms with Crippen LogP contribution in [0.3, 0.4) is 0 Å². The predicted octanol–water partition coefficient (Wildman–Crippen LogP) is 0.654. The van der Waals surface area contributed by atoms with Gasteiger partial charge in [-0.3, -0.25) is 4.68 Å². The summed E-state index contributed by atoms with van der Waals surface area (Å²) in [6.45, 7) is 2.42. The molecule has 90 valence electrons. The lowest BCUT2D eigenvalue weighted by molar-refractivity contribution is -0.138. The Bertz CT molecular complexity index is 500. The fourth-order valence-electron chi connectivity index (χ4n) is 2.38. The maximum atomic E-state index is 11.1. The standard InChI is InChI=1S/C11H14N4O2/c1-7-8(6-12)10(14(2)13-7)15-5-3-4-9(15)11(16)17/h9H,3-5H2,1-2H3,(H,16,17). The number of nitriles is 1. The third kappa shape index (κ3) is 1.73. The maximum Gasteiger partial charge on any atom is 0.326 e. The fourth-order valence-corrected chi connectivity index (χ4v) is 2.38. The molecule has 1 fully saturated rings. The summed E-state index contributed by atoms with van der Waals surface area (Å²) in [6.07, 6.45) is 1.44. The van der Waals surface area contributed by atoms with Gasteiger partial charge in [0.25, 0.3) is 0 Å². The Morgan fingerprint density at radius 3 is 2.94 bits per heavy atom. The van der Waals surface area contributed by atoms with Gasteiger partial charge in [-0.2, -0.15) is 10.4 Å². The van der Waals surface area contributed by atoms with Crippen LogP contribution in [0.25, 0.3) is 0 Å². The first-order valence-electron chi connectivity index (χ1n) is 5.49. The summed E-state index contributed by atoms with van der Waals surface area (Å²) in [6, 6.07) is 1.56. The summed E-state index contributed by atoms with van der Waals surface area (Å²) in [5, 5.41) is 22.5. The first-order valence-corrected chi connectivity index (χ1v) is 5.49. The van der Waals surface area contributed by atoms with E-state index in [0.29, 0.717) is 30.0 Å². The van der Waals surface area contributed by atoms with E-state index in [1.54, 1.807) is 23.6 Å². The number of anilines is 1. The predicted molar refractivity (Wildman–Crippen MR) is 60.7 cm³/mol. The van der Waals surface area contributed by atoms with Crippen LogP contribution < -0.4 is 4.90 Å². The molecule has 1 aromatic rings. The van der Waals surface area contributed by atoms with Crippen LogP contribution in [0.2, 0.25) is 0 Å². The fraction of sp³-hybridized carbons (Fsp3) is 0.545. The smallest absolute Gasteiger partial charge is 0.326 e. The normalized spacial score (nSPS) is 19.4. The number of hydrogen-bond donors (Lipinski definition) is 1. The minimum Gasteiger partial charge on any atom is -0.480 e. The second-order valence-corrected chi connectivity index (χ2v) is 4.21. The molecule has 2 rings (SSSR count). The molecule has 6 heteroatoms. The summed E-state index contributed by atoms with van der Waals surface area (Å²) in [5.74, 6) is -0.222. The van der Waals surface area contributed by atoms with Crippen molar-refractivity contribution in [2.75, 3.05) is 11.4 Å². The highest BCUT2D eigenvalue weighted by Gasteiger charge is 2.34. The van der Waals surface area contributed by atoms with Gasteiger partial charge in [-0.15, -0.1) is 0 Å². The highest BCUT2D eigenvalue weighted by atomic mass is 16.4. The Labute approximate surface area is 99.1 Å². The molecule has 1 unspecified atom stereocenters. The van der Waals surface area contributed by atoms with E-state index in [-0.39, 0.29) is 0 Å². The van der Waals surface area contributed by atoms with E-state index >= 15 is 0 Å². The Morgan fingerprint density at radius 2 is 2.35 bits per heavy atom. The largest absolute Gasteiger partial charge is 0.480 e. The van der Waals surface area contributed by atoms with Crippen molar-refractivity contribution >= 4 is 11.8 Å². The highest BCUT2D eigenvalue weighted by Crippen LogP contribution is 2.29. The summed E-state index contributed by atoms with van der Waals surface area (Å²) < 4.78 is 1.59. The molecule has 0 amide bonds. The van der Waals surface area contributed by atoms with Gasteiger partial charge in [0.2, 0.25) is 0 Å². The Kier molecular flexibility index (Phi) is 2.76. The van der Waals surface area contributed by atoms with Crippen molar-refractivity contribution in [2.24, 2.45) is 7.05 Å². The average molecular weight is 234 g/mol. The van der Waals surface area contributed by atoms with Crippen molar-refractivity contribution < 1.29 is 9.90 Å². The van der Waals surface area contributed by atoms with Gasteiger partial charge < -0.3 is 10.0 Å². The van der Waals surface area contributed by atoms with Crippen molar-refractivity contribution in [2.45, 2.75) is 25.8 Å². The minimum atomic E-state index is -0.842. The number of hydrogen-bond acceptors (Lipinski definition) is 4. The monoisotopic (exact) mass is 234 g/mol. The molecule has 0 bridgehead atoms. The second kappa shape index (κ2) is 4.09. The molecule has 1 aliphatic rings. The number of carbonyl (C=O) groups is 1. The Hall–Kier alpha value is -2.03. The minimum absolute atomic E-state index is 0.473. The topological polar surface area (TPSA) is 82.2 Å². The first-order chi connectivity index (χ1) is 8.06. The van der Waals surface area contributed by atoms with E-state index in [9.17, 15) is 4.79 Å². The molecule has 17 heavy (non-hydrogen) atoms. The summed E-state index contributed by atoms with van der Waals surface area (Å²) in [7, 11) is 1.74. The highest BCUT2D eigenvalue weighted by molar-refractivity contribution is 5.79. The lowest BCUT2D eigenvalue weighted by Gasteiger charge is -2.23. The molecule has 0 radical (unpaired) electrons. The quantitative estimate of drug-likeness (QED) is 0.812. The molecule has 1 aliphatic heterocycles. The van der Waals surface area contributed by atoms with Crippen molar-refractivity contribution in [3.63, 3.8) is 0 Å². The molecule has 0 aliphatic carbocycles. The van der Waals surface area contributed by atoms with Gasteiger partial charge in [0.15, 0.2) is 0 Å². The van der Waals surface area contributed by atoms with E-state index < -0.39 is 12.0 Å². The third-order valence-corrected chi connectivity index (χ3v) is 3.11. The summed E-state index contributed by atoms with van der Waals surface area (Å²) >= 11 is 0. The van der Waals surface area contributed by atoms with E-state index in [1.165, 1.54) is 0 Å². The van der Waals surface area contributed by atoms with Gasteiger partial charge in [0.05, 0.1) is 5.69 Å². The number of nitrogens with zero attached hydrogens (tertiary/aromatic N) is 4. The average Bonchev–Trinajstić information content (AvgIpc) is 2.81. The lowest BCUT2D eigenvalue weighted by atomic mass is 10.2. The van der Waals surface area contributed by atoms with Crippen molar-refractivity contribution in [1.29, 1.82) is 5.26 Å². The van der Waals surface area contributed by atoms with E-state index in [2.05, 4.69) is 11.2 Å². The van der Waals surface area contributed by atoms with Crippen LogP contribution in [-0.4, -0.2) is 33.4 Å². The molecule has 1 atom stereocenters. The zero-order chi connectivity index (χ0) is 12.6. The number of aromatic nitrogens is 2. The zero-order valence-corrected chi connectivity index (χ0v) is 9.84. The molecule has 1 aromatic heterocycles. The zero-order valence-electron chi connectivity index (χ0n) is 9.84. The lowest BCUT2D eigenvalue weighted by Crippen LogP contribution is -2.37. The van der Waals surface area contributed by atoms with Crippen LogP contribution in [0.4, 0.5) is 5.82 Å². The number of aliphatic carboxylic acids is 1. The van der Waals surface area contributed by atoms with Crippen molar-refractivity contribution in [3.05, 3.63) is 11.3 Å². The maximum absolute atomic E-state index is 11.1. The van der Waals surface area contributed by atoms with Gasteiger partial charge in [-0.25, -0.2) is 4.79 Å². The van der Waals surface area contributed by atoms with Gasteiger partial charge >= 0.3 is 5.97 Å². The molecule has 1 N–H and O–H groups in total. The van der Waals surface area contributed by atoms with Crippen LogP contribution in [-0.2, 0) is 11.8 Å². The van der Waals surface area contributed by atoms with E-state index in [4.69, 9.17) is 10.4 Å². The molecule has 0 saturated carbocycles. The summed E-state index contributed by atoms with van der Waals surface area (Å²) in [5.41, 5.74) is 1.11. The number of aryl methyl sites for hydroxylation is 2. The van der Waals surface area contributed by atoms with Gasteiger partial charge in [0.1, 0.15) is 23.5 Å². The van der Waals surface area contributed by atoms with Crippen molar-refractivity contribution in [3.8, 4) is 6.07 Å². The number of rotatable bonds is 2. The van der Waals surface area contributed by atoms with Crippen LogP contribution in [0.1, 0.15) is 24.1 Å². The van der Waals surface area contributed by atoms with Gasteiger partial charge in [-0.05, 0) is 19.8 Å². The van der Waals surface area contributed by atoms with Crippen LogP contribution in [0.15, 0.2) is 0 Å². The molecule has 0 spiro atoms. The third-order valence-electron chi connectivity index (χ3n) is 3.11. The van der Waals surface area contributed by atoms with E-state index in [1.807, 2.05) is 0 Å². The molecular weight excluding hydrogens is 220 g/mol.